The summed E-state index contributed by atoms with van der Waals surface area (Å²) in [5.74, 6) is 0.854. The molecule has 0 aromatic rings. The van der Waals surface area contributed by atoms with Crippen molar-refractivity contribution >= 4 is 0 Å². The largest absolute Gasteiger partial charge is 0.389 e. The van der Waals surface area contributed by atoms with Crippen LogP contribution in [0.15, 0.2) is 0 Å². The van der Waals surface area contributed by atoms with Crippen LogP contribution in [0.3, 0.4) is 0 Å². The van der Waals surface area contributed by atoms with Gasteiger partial charge in [0, 0.05) is 31.2 Å². The fourth-order valence-electron chi connectivity index (χ4n) is 4.25. The molecule has 3 heteroatoms. The van der Waals surface area contributed by atoms with E-state index in [0.717, 1.165) is 37.4 Å². The Hall–Kier alpha value is -0.120. The van der Waals surface area contributed by atoms with Gasteiger partial charge in [0.25, 0.3) is 0 Å². The molecule has 0 aromatic heterocycles. The Kier molecular flexibility index (Phi) is 4.40. The molecule has 2 unspecified atom stereocenters. The molecule has 0 radical (unpaired) electrons. The average Bonchev–Trinajstić information content (AvgIpc) is 3.21. The molecular formula is C17H32N2O. The summed E-state index contributed by atoms with van der Waals surface area (Å²) >= 11 is 0. The lowest BCUT2D eigenvalue weighted by Crippen LogP contribution is -2.47. The van der Waals surface area contributed by atoms with Gasteiger partial charge in [-0.25, -0.2) is 0 Å². The van der Waals surface area contributed by atoms with E-state index in [1.165, 1.54) is 45.1 Å². The minimum Gasteiger partial charge on any atom is -0.389 e. The maximum atomic E-state index is 10.7. The summed E-state index contributed by atoms with van der Waals surface area (Å²) < 4.78 is 0. The van der Waals surface area contributed by atoms with Gasteiger partial charge in [-0.2, -0.15) is 0 Å². The van der Waals surface area contributed by atoms with Crippen LogP contribution in [0.4, 0.5) is 0 Å². The van der Waals surface area contributed by atoms with Crippen molar-refractivity contribution in [3.05, 3.63) is 0 Å². The molecule has 0 aromatic carbocycles. The van der Waals surface area contributed by atoms with Crippen molar-refractivity contribution in [2.75, 3.05) is 13.1 Å². The van der Waals surface area contributed by atoms with Gasteiger partial charge < -0.3 is 10.4 Å². The second kappa shape index (κ2) is 5.94. The van der Waals surface area contributed by atoms with Gasteiger partial charge in [-0.3, -0.25) is 4.90 Å². The molecule has 3 fully saturated rings. The van der Waals surface area contributed by atoms with E-state index >= 15 is 0 Å². The Labute approximate surface area is 124 Å². The van der Waals surface area contributed by atoms with E-state index in [2.05, 4.69) is 24.1 Å². The van der Waals surface area contributed by atoms with E-state index < -0.39 is 5.60 Å². The van der Waals surface area contributed by atoms with Gasteiger partial charge >= 0.3 is 0 Å². The zero-order chi connectivity index (χ0) is 14.2. The number of hydrogen-bond donors (Lipinski definition) is 2. The number of aliphatic hydroxyl groups is 1. The third kappa shape index (κ3) is 3.37. The van der Waals surface area contributed by atoms with E-state index in [-0.39, 0.29) is 0 Å². The van der Waals surface area contributed by atoms with Crippen LogP contribution in [-0.2, 0) is 0 Å². The molecule has 3 rings (SSSR count). The monoisotopic (exact) mass is 280 g/mol. The Morgan fingerprint density at radius 2 is 1.90 bits per heavy atom. The molecule has 1 saturated heterocycles. The van der Waals surface area contributed by atoms with Crippen LogP contribution in [0.5, 0.6) is 0 Å². The van der Waals surface area contributed by atoms with Crippen LogP contribution in [0.25, 0.3) is 0 Å². The highest BCUT2D eigenvalue weighted by molar-refractivity contribution is 4.97. The first-order valence-electron chi connectivity index (χ1n) is 8.81. The predicted molar refractivity (Wildman–Crippen MR) is 82.8 cm³/mol. The Balaban J connectivity index is 1.43. The molecule has 3 aliphatic rings. The van der Waals surface area contributed by atoms with Gasteiger partial charge in [0.05, 0.1) is 5.60 Å². The average molecular weight is 280 g/mol. The standard InChI is InChI=1S/C17H32N2O/c1-3-14-6-8-17(20,9-7-14)12-18-15-10-13(2)19(11-15)16-4-5-16/h13-16,18,20H,3-12H2,1-2H3. The summed E-state index contributed by atoms with van der Waals surface area (Å²) in [5.41, 5.74) is -0.429. The smallest absolute Gasteiger partial charge is 0.0771 e. The van der Waals surface area contributed by atoms with E-state index in [4.69, 9.17) is 0 Å². The molecule has 0 amide bonds. The molecule has 2 aliphatic carbocycles. The number of nitrogens with zero attached hydrogens (tertiary/aromatic N) is 1. The first kappa shape index (κ1) is 14.8. The lowest BCUT2D eigenvalue weighted by atomic mass is 9.78. The van der Waals surface area contributed by atoms with Crippen LogP contribution in [0.1, 0.15) is 65.2 Å². The van der Waals surface area contributed by atoms with E-state index in [0.29, 0.717) is 6.04 Å². The second-order valence-corrected chi connectivity index (χ2v) is 7.67. The number of nitrogens with one attached hydrogen (secondary N) is 1. The van der Waals surface area contributed by atoms with E-state index in [1.54, 1.807) is 0 Å². The van der Waals surface area contributed by atoms with Crippen molar-refractivity contribution in [1.29, 1.82) is 0 Å². The van der Waals surface area contributed by atoms with Crippen molar-refractivity contribution in [2.24, 2.45) is 5.92 Å². The van der Waals surface area contributed by atoms with Gasteiger partial charge in [0.1, 0.15) is 0 Å². The third-order valence-corrected chi connectivity index (χ3v) is 5.97. The summed E-state index contributed by atoms with van der Waals surface area (Å²) in [4.78, 5) is 2.68. The first-order valence-corrected chi connectivity index (χ1v) is 8.81. The highest BCUT2D eigenvalue weighted by atomic mass is 16.3. The highest BCUT2D eigenvalue weighted by Crippen LogP contribution is 2.35. The van der Waals surface area contributed by atoms with E-state index in [1.807, 2.05) is 0 Å². The minimum absolute atomic E-state index is 0.429. The maximum Gasteiger partial charge on any atom is 0.0771 e. The molecule has 3 nitrogen and oxygen atoms in total. The molecular weight excluding hydrogens is 248 g/mol. The topological polar surface area (TPSA) is 35.5 Å². The third-order valence-electron chi connectivity index (χ3n) is 5.97. The molecule has 2 saturated carbocycles. The Morgan fingerprint density at radius 1 is 1.20 bits per heavy atom. The Morgan fingerprint density at radius 3 is 2.50 bits per heavy atom. The van der Waals surface area contributed by atoms with Gasteiger partial charge in [-0.05, 0) is 57.8 Å². The van der Waals surface area contributed by atoms with Crippen molar-refractivity contribution < 1.29 is 5.11 Å². The quantitative estimate of drug-likeness (QED) is 0.812. The summed E-state index contributed by atoms with van der Waals surface area (Å²) in [6, 6.07) is 2.20. The molecule has 116 valence electrons. The van der Waals surface area contributed by atoms with Crippen LogP contribution in [-0.4, -0.2) is 46.8 Å². The molecule has 1 aliphatic heterocycles. The number of likely N-dealkylation sites (tertiary alicyclic amines) is 1. The lowest BCUT2D eigenvalue weighted by Gasteiger charge is -2.36. The molecule has 1 heterocycles. The Bertz CT molecular complexity index is 321. The molecule has 20 heavy (non-hydrogen) atoms. The van der Waals surface area contributed by atoms with Crippen LogP contribution < -0.4 is 5.32 Å². The summed E-state index contributed by atoms with van der Waals surface area (Å²) in [6.45, 7) is 6.64. The normalized spacial score (nSPS) is 43.0. The maximum absolute atomic E-state index is 10.7. The van der Waals surface area contributed by atoms with Crippen molar-refractivity contribution in [1.82, 2.24) is 10.2 Å². The van der Waals surface area contributed by atoms with Crippen molar-refractivity contribution in [3.63, 3.8) is 0 Å². The van der Waals surface area contributed by atoms with Gasteiger partial charge in [-0.15, -0.1) is 0 Å². The molecule has 0 bridgehead atoms. The highest BCUT2D eigenvalue weighted by Gasteiger charge is 2.40. The molecule has 2 N–H and O–H groups in total. The fourth-order valence-corrected chi connectivity index (χ4v) is 4.25. The second-order valence-electron chi connectivity index (χ2n) is 7.67. The van der Waals surface area contributed by atoms with Gasteiger partial charge in [-0.1, -0.05) is 13.3 Å². The SMILES string of the molecule is CCC1CCC(O)(CNC2CC(C)N(C3CC3)C2)CC1. The van der Waals surface area contributed by atoms with Crippen LogP contribution in [0, 0.1) is 5.92 Å². The van der Waals surface area contributed by atoms with Crippen LogP contribution >= 0.6 is 0 Å². The summed E-state index contributed by atoms with van der Waals surface area (Å²) in [6.07, 6.45) is 9.75. The van der Waals surface area contributed by atoms with Gasteiger partial charge in [0.15, 0.2) is 0 Å². The predicted octanol–water partition coefficient (Wildman–Crippen LogP) is 2.53. The molecule has 0 spiro atoms. The van der Waals surface area contributed by atoms with Gasteiger partial charge in [0.2, 0.25) is 0 Å². The molecule has 2 atom stereocenters. The van der Waals surface area contributed by atoms with Crippen molar-refractivity contribution in [3.8, 4) is 0 Å². The summed E-state index contributed by atoms with van der Waals surface area (Å²) in [5, 5.41) is 14.4. The van der Waals surface area contributed by atoms with Crippen molar-refractivity contribution in [2.45, 2.75) is 88.9 Å². The minimum atomic E-state index is -0.429. The zero-order valence-corrected chi connectivity index (χ0v) is 13.3. The lowest BCUT2D eigenvalue weighted by molar-refractivity contribution is -0.0104. The fraction of sp³-hybridized carbons (Fsp3) is 1.00. The summed E-state index contributed by atoms with van der Waals surface area (Å²) in [7, 11) is 0. The number of hydrogen-bond acceptors (Lipinski definition) is 3. The zero-order valence-electron chi connectivity index (χ0n) is 13.3. The van der Waals surface area contributed by atoms with E-state index in [9.17, 15) is 5.11 Å². The number of rotatable bonds is 5. The first-order chi connectivity index (χ1) is 9.59. The van der Waals surface area contributed by atoms with Crippen LogP contribution in [0.2, 0.25) is 0 Å².